The first-order valence-electron chi connectivity index (χ1n) is 4.32. The summed E-state index contributed by atoms with van der Waals surface area (Å²) in [5, 5.41) is 13.5. The molecule has 0 aliphatic rings. The summed E-state index contributed by atoms with van der Waals surface area (Å²) in [5.41, 5.74) is 1.90. The van der Waals surface area contributed by atoms with Gasteiger partial charge in [-0.05, 0) is 13.8 Å². The predicted molar refractivity (Wildman–Crippen MR) is 55.1 cm³/mol. The van der Waals surface area contributed by atoms with E-state index in [0.29, 0.717) is 0 Å². The van der Waals surface area contributed by atoms with Crippen molar-refractivity contribution in [3.8, 4) is 0 Å². The van der Waals surface area contributed by atoms with Crippen molar-refractivity contribution in [3.63, 3.8) is 0 Å². The molecule has 0 unspecified atom stereocenters. The van der Waals surface area contributed by atoms with Gasteiger partial charge in [0.15, 0.2) is 0 Å². The van der Waals surface area contributed by atoms with Crippen LogP contribution in [0.3, 0.4) is 0 Å². The molecule has 0 aliphatic carbocycles. The Morgan fingerprint density at radius 2 is 2.43 bits per heavy atom. The van der Waals surface area contributed by atoms with Crippen LogP contribution in [0.25, 0.3) is 0 Å². The van der Waals surface area contributed by atoms with Crippen LogP contribution >= 0.6 is 11.3 Å². The lowest BCUT2D eigenvalue weighted by Crippen LogP contribution is -2.46. The molecule has 0 radical (unpaired) electrons. The monoisotopic (exact) mass is 214 g/mol. The van der Waals surface area contributed by atoms with Gasteiger partial charge >= 0.3 is 0 Å². The molecule has 78 valence electrons. The minimum absolute atomic E-state index is 0.0736. The molecule has 0 aliphatic heterocycles. The minimum atomic E-state index is -0.562. The Hall–Kier alpha value is -0.940. The van der Waals surface area contributed by atoms with Crippen LogP contribution in [0.1, 0.15) is 19.5 Å². The van der Waals surface area contributed by atoms with Gasteiger partial charge in [-0.2, -0.15) is 0 Å². The van der Waals surface area contributed by atoms with Crippen LogP contribution in [0.15, 0.2) is 10.9 Å². The van der Waals surface area contributed by atoms with Crippen LogP contribution in [-0.2, 0) is 11.2 Å². The lowest BCUT2D eigenvalue weighted by Gasteiger charge is -2.23. The fourth-order valence-electron chi connectivity index (χ4n) is 0.950. The Labute approximate surface area is 87.0 Å². The molecule has 1 rings (SSSR count). The number of carbonyl (C=O) groups excluding carboxylic acids is 1. The SMILES string of the molecule is CC(C)(CO)NC(=O)Cc1cscn1. The first-order valence-corrected chi connectivity index (χ1v) is 5.27. The van der Waals surface area contributed by atoms with Crippen LogP contribution in [0.4, 0.5) is 0 Å². The van der Waals surface area contributed by atoms with Crippen molar-refractivity contribution < 1.29 is 9.90 Å². The van der Waals surface area contributed by atoms with Crippen molar-refractivity contribution in [2.24, 2.45) is 0 Å². The molecule has 14 heavy (non-hydrogen) atoms. The predicted octanol–water partition coefficient (Wildman–Crippen LogP) is 0.573. The van der Waals surface area contributed by atoms with Gasteiger partial charge < -0.3 is 10.4 Å². The van der Waals surface area contributed by atoms with E-state index in [0.717, 1.165) is 5.69 Å². The average Bonchev–Trinajstić information content (AvgIpc) is 2.55. The summed E-state index contributed by atoms with van der Waals surface area (Å²) >= 11 is 1.46. The Morgan fingerprint density at radius 1 is 1.71 bits per heavy atom. The van der Waals surface area contributed by atoms with Gasteiger partial charge in [0.25, 0.3) is 0 Å². The molecule has 5 heteroatoms. The molecule has 1 amide bonds. The van der Waals surface area contributed by atoms with Crippen LogP contribution in [-0.4, -0.2) is 28.1 Å². The third-order valence-corrected chi connectivity index (χ3v) is 2.33. The fraction of sp³-hybridized carbons (Fsp3) is 0.556. The van der Waals surface area contributed by atoms with Gasteiger partial charge in [0, 0.05) is 5.38 Å². The number of hydrogen-bond donors (Lipinski definition) is 2. The Morgan fingerprint density at radius 3 is 2.93 bits per heavy atom. The van der Waals surface area contributed by atoms with Gasteiger partial charge in [-0.25, -0.2) is 4.98 Å². The molecule has 1 aromatic rings. The van der Waals surface area contributed by atoms with E-state index in [1.165, 1.54) is 11.3 Å². The van der Waals surface area contributed by atoms with E-state index < -0.39 is 5.54 Å². The van der Waals surface area contributed by atoms with Gasteiger partial charge in [0.1, 0.15) is 0 Å². The highest BCUT2D eigenvalue weighted by molar-refractivity contribution is 7.07. The Kier molecular flexibility index (Phi) is 3.60. The van der Waals surface area contributed by atoms with E-state index in [9.17, 15) is 4.79 Å². The van der Waals surface area contributed by atoms with E-state index in [1.54, 1.807) is 19.4 Å². The normalized spacial score (nSPS) is 11.4. The number of aliphatic hydroxyl groups excluding tert-OH is 1. The second-order valence-electron chi connectivity index (χ2n) is 3.75. The number of aliphatic hydroxyl groups is 1. The number of nitrogens with one attached hydrogen (secondary N) is 1. The number of aromatic nitrogens is 1. The summed E-state index contributed by atoms with van der Waals surface area (Å²) in [4.78, 5) is 15.4. The molecule has 0 fully saturated rings. The van der Waals surface area contributed by atoms with Gasteiger partial charge in [-0.1, -0.05) is 0 Å². The zero-order chi connectivity index (χ0) is 10.6. The quantitative estimate of drug-likeness (QED) is 0.770. The number of thiazole rings is 1. The highest BCUT2D eigenvalue weighted by atomic mass is 32.1. The van der Waals surface area contributed by atoms with Crippen LogP contribution in [0.5, 0.6) is 0 Å². The van der Waals surface area contributed by atoms with Crippen LogP contribution in [0, 0.1) is 0 Å². The zero-order valence-electron chi connectivity index (χ0n) is 8.28. The molecule has 4 nitrogen and oxygen atoms in total. The van der Waals surface area contributed by atoms with E-state index >= 15 is 0 Å². The third kappa shape index (κ3) is 3.43. The summed E-state index contributed by atoms with van der Waals surface area (Å²) in [6, 6.07) is 0. The van der Waals surface area contributed by atoms with Crippen molar-refractivity contribution in [1.29, 1.82) is 0 Å². The average molecular weight is 214 g/mol. The molecular formula is C9H14N2O2S. The maximum atomic E-state index is 11.4. The van der Waals surface area contributed by atoms with Gasteiger partial charge in [0.2, 0.25) is 5.91 Å². The smallest absolute Gasteiger partial charge is 0.226 e. The summed E-state index contributed by atoms with van der Waals surface area (Å²) in [5.74, 6) is -0.116. The summed E-state index contributed by atoms with van der Waals surface area (Å²) in [6.07, 6.45) is 0.271. The number of rotatable bonds is 4. The van der Waals surface area contributed by atoms with Gasteiger partial charge in [0.05, 0.1) is 29.8 Å². The topological polar surface area (TPSA) is 62.2 Å². The molecule has 0 atom stereocenters. The summed E-state index contributed by atoms with van der Waals surface area (Å²) in [6.45, 7) is 3.47. The number of nitrogens with zero attached hydrogens (tertiary/aromatic N) is 1. The lowest BCUT2D eigenvalue weighted by atomic mass is 10.1. The third-order valence-electron chi connectivity index (χ3n) is 1.70. The first kappa shape index (κ1) is 11.1. The second kappa shape index (κ2) is 4.52. The molecule has 0 saturated heterocycles. The summed E-state index contributed by atoms with van der Waals surface area (Å²) in [7, 11) is 0. The van der Waals surface area contributed by atoms with Crippen molar-refractivity contribution >= 4 is 17.2 Å². The summed E-state index contributed by atoms with van der Waals surface area (Å²) < 4.78 is 0. The highest BCUT2D eigenvalue weighted by Crippen LogP contribution is 2.04. The molecule has 0 saturated carbocycles. The first-order chi connectivity index (χ1) is 6.53. The maximum absolute atomic E-state index is 11.4. The maximum Gasteiger partial charge on any atom is 0.226 e. The largest absolute Gasteiger partial charge is 0.394 e. The van der Waals surface area contributed by atoms with E-state index in [4.69, 9.17) is 5.11 Å². The molecule has 2 N–H and O–H groups in total. The Balaban J connectivity index is 2.44. The molecule has 1 heterocycles. The van der Waals surface area contributed by atoms with Crippen LogP contribution in [0.2, 0.25) is 0 Å². The number of carbonyl (C=O) groups is 1. The molecular weight excluding hydrogens is 200 g/mol. The van der Waals surface area contributed by atoms with Crippen molar-refractivity contribution in [2.45, 2.75) is 25.8 Å². The highest BCUT2D eigenvalue weighted by Gasteiger charge is 2.19. The standard InChI is InChI=1S/C9H14N2O2S/c1-9(2,5-12)11-8(13)3-7-4-14-6-10-7/h4,6,12H,3,5H2,1-2H3,(H,11,13). The molecule has 0 bridgehead atoms. The zero-order valence-corrected chi connectivity index (χ0v) is 9.10. The van der Waals surface area contributed by atoms with Crippen molar-refractivity contribution in [1.82, 2.24) is 10.3 Å². The molecule has 0 aromatic carbocycles. The number of amides is 1. The van der Waals surface area contributed by atoms with E-state index in [-0.39, 0.29) is 18.9 Å². The minimum Gasteiger partial charge on any atom is -0.394 e. The molecule has 1 aromatic heterocycles. The van der Waals surface area contributed by atoms with Gasteiger partial charge in [-0.3, -0.25) is 4.79 Å². The van der Waals surface area contributed by atoms with E-state index in [1.807, 2.05) is 5.38 Å². The van der Waals surface area contributed by atoms with Crippen LogP contribution < -0.4 is 5.32 Å². The fourth-order valence-corrected chi connectivity index (χ4v) is 1.51. The van der Waals surface area contributed by atoms with Gasteiger partial charge in [-0.15, -0.1) is 11.3 Å². The van der Waals surface area contributed by atoms with Crippen molar-refractivity contribution in [3.05, 3.63) is 16.6 Å². The van der Waals surface area contributed by atoms with Crippen molar-refractivity contribution in [2.75, 3.05) is 6.61 Å². The molecule has 0 spiro atoms. The Bertz CT molecular complexity index is 296. The van der Waals surface area contributed by atoms with E-state index in [2.05, 4.69) is 10.3 Å². The second-order valence-corrected chi connectivity index (χ2v) is 4.47. The number of hydrogen-bond acceptors (Lipinski definition) is 4. The lowest BCUT2D eigenvalue weighted by molar-refractivity contribution is -0.122.